The van der Waals surface area contributed by atoms with Crippen LogP contribution < -0.4 is 10.2 Å². The van der Waals surface area contributed by atoms with Crippen LogP contribution in [0.1, 0.15) is 24.4 Å². The molecule has 0 saturated carbocycles. The van der Waals surface area contributed by atoms with Crippen molar-refractivity contribution in [3.8, 4) is 0 Å². The lowest BCUT2D eigenvalue weighted by Crippen LogP contribution is -2.18. The molecule has 0 aliphatic carbocycles. The van der Waals surface area contributed by atoms with Gasteiger partial charge in [0, 0.05) is 17.6 Å². The molecule has 0 fully saturated rings. The van der Waals surface area contributed by atoms with Gasteiger partial charge in [-0.1, -0.05) is 11.3 Å². The van der Waals surface area contributed by atoms with Crippen molar-refractivity contribution in [2.45, 2.75) is 19.5 Å². The maximum atomic E-state index is 10.9. The van der Waals surface area contributed by atoms with Crippen molar-refractivity contribution in [2.24, 2.45) is 0 Å². The van der Waals surface area contributed by atoms with Crippen LogP contribution in [0.15, 0.2) is 33.0 Å². The molecular formula is C10H12N2O2S. The van der Waals surface area contributed by atoms with Crippen LogP contribution in [0, 0.1) is 0 Å². The van der Waals surface area contributed by atoms with Gasteiger partial charge in [0.25, 0.3) is 0 Å². The predicted molar refractivity (Wildman–Crippen MR) is 58.9 cm³/mol. The Kier molecular flexibility index (Phi) is 3.03. The number of H-pyrrole nitrogens is 1. The summed E-state index contributed by atoms with van der Waals surface area (Å²) in [7, 11) is 0. The summed E-state index contributed by atoms with van der Waals surface area (Å²) in [6.07, 6.45) is 1.65. The molecule has 0 aromatic carbocycles. The first-order valence-corrected chi connectivity index (χ1v) is 5.57. The summed E-state index contributed by atoms with van der Waals surface area (Å²) in [4.78, 5) is 13.6. The van der Waals surface area contributed by atoms with Crippen LogP contribution in [-0.2, 0) is 6.54 Å². The molecule has 1 unspecified atom stereocenters. The number of furan rings is 1. The van der Waals surface area contributed by atoms with Gasteiger partial charge < -0.3 is 14.7 Å². The van der Waals surface area contributed by atoms with E-state index in [0.29, 0.717) is 6.54 Å². The third kappa shape index (κ3) is 2.57. The van der Waals surface area contributed by atoms with Crippen LogP contribution in [0.5, 0.6) is 0 Å². The third-order valence-corrected chi connectivity index (χ3v) is 2.86. The van der Waals surface area contributed by atoms with E-state index in [0.717, 1.165) is 11.5 Å². The first-order valence-electron chi connectivity index (χ1n) is 4.69. The van der Waals surface area contributed by atoms with Gasteiger partial charge in [-0.15, -0.1) is 0 Å². The Morgan fingerprint density at radius 3 is 3.13 bits per heavy atom. The minimum Gasteiger partial charge on any atom is -0.468 e. The number of aromatic nitrogens is 1. The van der Waals surface area contributed by atoms with E-state index in [1.54, 1.807) is 6.26 Å². The predicted octanol–water partition coefficient (Wildman–Crippen LogP) is 1.88. The maximum Gasteiger partial charge on any atom is 0.304 e. The van der Waals surface area contributed by atoms with Crippen molar-refractivity contribution < 1.29 is 4.42 Å². The van der Waals surface area contributed by atoms with Crippen molar-refractivity contribution in [3.05, 3.63) is 44.9 Å². The zero-order valence-electron chi connectivity index (χ0n) is 8.32. The molecule has 0 aliphatic rings. The Bertz CT molecular complexity index is 458. The number of thiazole rings is 1. The molecule has 0 radical (unpaired) electrons. The summed E-state index contributed by atoms with van der Waals surface area (Å²) in [5.41, 5.74) is 0.906. The highest BCUT2D eigenvalue weighted by molar-refractivity contribution is 7.07. The fourth-order valence-electron chi connectivity index (χ4n) is 1.30. The molecule has 2 aromatic heterocycles. The molecule has 4 nitrogen and oxygen atoms in total. The van der Waals surface area contributed by atoms with E-state index in [1.807, 2.05) is 24.4 Å². The quantitative estimate of drug-likeness (QED) is 0.833. The standard InChI is InChI=1S/C10H12N2O2S/c1-7(9-3-2-4-14-9)11-5-8-6-15-10(13)12-8/h2-4,6-7,11H,5H2,1H3,(H,12,13). The van der Waals surface area contributed by atoms with Gasteiger partial charge in [0.15, 0.2) is 0 Å². The molecule has 1 atom stereocenters. The van der Waals surface area contributed by atoms with E-state index in [-0.39, 0.29) is 10.9 Å². The van der Waals surface area contributed by atoms with E-state index in [1.165, 1.54) is 11.3 Å². The molecule has 2 rings (SSSR count). The van der Waals surface area contributed by atoms with Crippen molar-refractivity contribution in [1.82, 2.24) is 10.3 Å². The topological polar surface area (TPSA) is 58.0 Å². The molecule has 2 N–H and O–H groups in total. The smallest absolute Gasteiger partial charge is 0.304 e. The fourth-order valence-corrected chi connectivity index (χ4v) is 1.88. The molecule has 0 saturated heterocycles. The summed E-state index contributed by atoms with van der Waals surface area (Å²) in [5, 5.41) is 5.08. The van der Waals surface area contributed by atoms with Crippen LogP contribution >= 0.6 is 11.3 Å². The van der Waals surface area contributed by atoms with Crippen LogP contribution in [0.3, 0.4) is 0 Å². The Morgan fingerprint density at radius 1 is 1.67 bits per heavy atom. The van der Waals surface area contributed by atoms with E-state index in [2.05, 4.69) is 10.3 Å². The van der Waals surface area contributed by atoms with Gasteiger partial charge in [0.1, 0.15) is 5.76 Å². The average molecular weight is 224 g/mol. The van der Waals surface area contributed by atoms with Crippen molar-refractivity contribution >= 4 is 11.3 Å². The summed E-state index contributed by atoms with van der Waals surface area (Å²) in [6.45, 7) is 2.66. The van der Waals surface area contributed by atoms with Crippen molar-refractivity contribution in [3.63, 3.8) is 0 Å². The maximum absolute atomic E-state index is 10.9. The number of hydrogen-bond donors (Lipinski definition) is 2. The number of nitrogens with one attached hydrogen (secondary N) is 2. The van der Waals surface area contributed by atoms with E-state index >= 15 is 0 Å². The highest BCUT2D eigenvalue weighted by Gasteiger charge is 2.07. The summed E-state index contributed by atoms with van der Waals surface area (Å²) >= 11 is 1.18. The molecule has 80 valence electrons. The third-order valence-electron chi connectivity index (χ3n) is 2.14. The zero-order valence-corrected chi connectivity index (χ0v) is 9.14. The van der Waals surface area contributed by atoms with E-state index in [4.69, 9.17) is 4.42 Å². The van der Waals surface area contributed by atoms with E-state index < -0.39 is 0 Å². The van der Waals surface area contributed by atoms with Gasteiger partial charge in [-0.3, -0.25) is 4.79 Å². The molecule has 0 bridgehead atoms. The molecule has 0 amide bonds. The molecule has 15 heavy (non-hydrogen) atoms. The number of rotatable bonds is 4. The normalized spacial score (nSPS) is 12.9. The van der Waals surface area contributed by atoms with Crippen molar-refractivity contribution in [2.75, 3.05) is 0 Å². The lowest BCUT2D eigenvalue weighted by molar-refractivity contribution is 0.429. The molecule has 2 aromatic rings. The SMILES string of the molecule is CC(NCc1csc(=O)[nH]1)c1ccco1. The van der Waals surface area contributed by atoms with Crippen LogP contribution in [0.4, 0.5) is 0 Å². The Balaban J connectivity index is 1.91. The second-order valence-corrected chi connectivity index (χ2v) is 4.13. The summed E-state index contributed by atoms with van der Waals surface area (Å²) < 4.78 is 5.26. The van der Waals surface area contributed by atoms with Crippen LogP contribution in [-0.4, -0.2) is 4.98 Å². The highest BCUT2D eigenvalue weighted by atomic mass is 32.1. The van der Waals surface area contributed by atoms with Gasteiger partial charge in [-0.25, -0.2) is 0 Å². The molecular weight excluding hydrogens is 212 g/mol. The molecule has 0 aliphatic heterocycles. The number of aromatic amines is 1. The van der Waals surface area contributed by atoms with Gasteiger partial charge >= 0.3 is 4.87 Å². The van der Waals surface area contributed by atoms with Crippen LogP contribution in [0.2, 0.25) is 0 Å². The first-order chi connectivity index (χ1) is 7.25. The zero-order chi connectivity index (χ0) is 10.7. The van der Waals surface area contributed by atoms with Gasteiger partial charge in [-0.05, 0) is 19.1 Å². The number of hydrogen-bond acceptors (Lipinski definition) is 4. The molecule has 5 heteroatoms. The van der Waals surface area contributed by atoms with E-state index in [9.17, 15) is 4.79 Å². The van der Waals surface area contributed by atoms with Gasteiger partial charge in [0.2, 0.25) is 0 Å². The van der Waals surface area contributed by atoms with Gasteiger partial charge in [-0.2, -0.15) is 0 Å². The Morgan fingerprint density at radius 2 is 2.53 bits per heavy atom. The first kappa shape index (κ1) is 10.2. The lowest BCUT2D eigenvalue weighted by atomic mass is 10.2. The monoisotopic (exact) mass is 224 g/mol. The minimum atomic E-state index is -0.0162. The average Bonchev–Trinajstić information content (AvgIpc) is 2.84. The largest absolute Gasteiger partial charge is 0.468 e. The fraction of sp³-hybridized carbons (Fsp3) is 0.300. The second kappa shape index (κ2) is 4.46. The Hall–Kier alpha value is -1.33. The van der Waals surface area contributed by atoms with Crippen LogP contribution in [0.25, 0.3) is 0 Å². The van der Waals surface area contributed by atoms with Crippen molar-refractivity contribution in [1.29, 1.82) is 0 Å². The minimum absolute atomic E-state index is 0.0162. The highest BCUT2D eigenvalue weighted by Crippen LogP contribution is 2.12. The molecule has 2 heterocycles. The summed E-state index contributed by atoms with van der Waals surface area (Å²) in [5.74, 6) is 0.896. The molecule has 0 spiro atoms. The summed E-state index contributed by atoms with van der Waals surface area (Å²) in [6, 6.07) is 3.93. The second-order valence-electron chi connectivity index (χ2n) is 3.29. The van der Waals surface area contributed by atoms with Gasteiger partial charge in [0.05, 0.1) is 12.3 Å². The lowest BCUT2D eigenvalue weighted by Gasteiger charge is -2.09. The Labute approximate surface area is 90.9 Å².